The van der Waals surface area contributed by atoms with E-state index in [0.29, 0.717) is 39.0 Å². The molecular formula is C20H17BrClNO3S2. The van der Waals surface area contributed by atoms with Crippen molar-refractivity contribution in [2.45, 2.75) is 13.5 Å². The lowest BCUT2D eigenvalue weighted by atomic mass is 10.1. The van der Waals surface area contributed by atoms with Gasteiger partial charge in [-0.25, -0.2) is 0 Å². The van der Waals surface area contributed by atoms with Crippen molar-refractivity contribution in [2.75, 3.05) is 13.7 Å². The molecule has 0 bridgehead atoms. The largest absolute Gasteiger partial charge is 0.490 e. The molecular weight excluding hydrogens is 482 g/mol. The minimum atomic E-state index is -0.108. The number of hydrogen-bond acceptors (Lipinski definition) is 5. The monoisotopic (exact) mass is 497 g/mol. The first-order chi connectivity index (χ1) is 13.4. The molecule has 0 aliphatic carbocycles. The highest BCUT2D eigenvalue weighted by Gasteiger charge is 2.28. The maximum absolute atomic E-state index is 12.2. The van der Waals surface area contributed by atoms with Crippen LogP contribution in [0.5, 0.6) is 11.5 Å². The van der Waals surface area contributed by atoms with E-state index in [9.17, 15) is 4.79 Å². The topological polar surface area (TPSA) is 38.8 Å². The summed E-state index contributed by atoms with van der Waals surface area (Å²) < 4.78 is 13.0. The maximum Gasteiger partial charge on any atom is 0.265 e. The molecule has 146 valence electrons. The molecule has 8 heteroatoms. The standard InChI is InChI=1S/C20H17BrClNO3S2/c1-3-25-16-9-12(10-17-19(24)23(2)20(27)28-17)8-14(21)18(16)26-11-13-6-4-5-7-15(13)22/h4-10H,3,11H2,1-2H3/b17-10+. The van der Waals surface area contributed by atoms with Gasteiger partial charge in [0.05, 0.1) is 16.0 Å². The summed E-state index contributed by atoms with van der Waals surface area (Å²) in [6.07, 6.45) is 1.80. The summed E-state index contributed by atoms with van der Waals surface area (Å²) in [5.41, 5.74) is 1.70. The van der Waals surface area contributed by atoms with Crippen LogP contribution in [0.25, 0.3) is 6.08 Å². The van der Waals surface area contributed by atoms with Gasteiger partial charge in [-0.3, -0.25) is 9.69 Å². The van der Waals surface area contributed by atoms with E-state index >= 15 is 0 Å². The van der Waals surface area contributed by atoms with Gasteiger partial charge in [0.15, 0.2) is 11.5 Å². The molecule has 0 spiro atoms. The number of halogens is 2. The Bertz CT molecular complexity index is 964. The van der Waals surface area contributed by atoms with E-state index in [4.69, 9.17) is 33.3 Å². The summed E-state index contributed by atoms with van der Waals surface area (Å²) in [5.74, 6) is 1.06. The quantitative estimate of drug-likeness (QED) is 0.366. The Morgan fingerprint density at radius 3 is 2.68 bits per heavy atom. The van der Waals surface area contributed by atoms with E-state index in [1.165, 1.54) is 16.7 Å². The lowest BCUT2D eigenvalue weighted by molar-refractivity contribution is -0.121. The van der Waals surface area contributed by atoms with E-state index in [-0.39, 0.29) is 5.91 Å². The van der Waals surface area contributed by atoms with Gasteiger partial charge in [0, 0.05) is 17.6 Å². The number of nitrogens with zero attached hydrogens (tertiary/aromatic N) is 1. The molecule has 1 aliphatic heterocycles. The highest BCUT2D eigenvalue weighted by atomic mass is 79.9. The number of likely N-dealkylation sites (N-methyl/N-ethyl adjacent to an activating group) is 1. The Balaban J connectivity index is 1.89. The Morgan fingerprint density at radius 2 is 2.04 bits per heavy atom. The van der Waals surface area contributed by atoms with Gasteiger partial charge >= 0.3 is 0 Å². The van der Waals surface area contributed by atoms with Crippen molar-refractivity contribution in [3.8, 4) is 11.5 Å². The number of thiocarbonyl (C=S) groups is 1. The van der Waals surface area contributed by atoms with Crippen molar-refractivity contribution >= 4 is 67.8 Å². The first-order valence-corrected chi connectivity index (χ1v) is 10.8. The number of ether oxygens (including phenoxy) is 2. The van der Waals surface area contributed by atoms with Gasteiger partial charge in [-0.05, 0) is 52.7 Å². The van der Waals surface area contributed by atoms with E-state index in [1.54, 1.807) is 13.1 Å². The van der Waals surface area contributed by atoms with E-state index < -0.39 is 0 Å². The number of rotatable bonds is 6. The SMILES string of the molecule is CCOc1cc(/C=C2/SC(=S)N(C)C2=O)cc(Br)c1OCc1ccccc1Cl. The minimum absolute atomic E-state index is 0.108. The van der Waals surface area contributed by atoms with Gasteiger partial charge in [-0.15, -0.1) is 0 Å². The first kappa shape index (κ1) is 21.2. The van der Waals surface area contributed by atoms with E-state index in [0.717, 1.165) is 15.6 Å². The van der Waals surface area contributed by atoms with Crippen molar-refractivity contribution in [2.24, 2.45) is 0 Å². The highest BCUT2D eigenvalue weighted by molar-refractivity contribution is 9.10. The van der Waals surface area contributed by atoms with Crippen LogP contribution in [0.2, 0.25) is 5.02 Å². The lowest BCUT2D eigenvalue weighted by Crippen LogP contribution is -2.22. The number of thioether (sulfide) groups is 1. The number of amides is 1. The fourth-order valence-electron chi connectivity index (χ4n) is 2.54. The molecule has 3 rings (SSSR count). The molecule has 0 aromatic heterocycles. The van der Waals surface area contributed by atoms with Crippen LogP contribution in [-0.4, -0.2) is 28.8 Å². The molecule has 1 fully saturated rings. The summed E-state index contributed by atoms with van der Waals surface area (Å²) in [5, 5.41) is 0.648. The van der Waals surface area contributed by atoms with Crippen LogP contribution in [0.3, 0.4) is 0 Å². The van der Waals surface area contributed by atoms with E-state index in [1.807, 2.05) is 43.3 Å². The van der Waals surface area contributed by atoms with Gasteiger partial charge < -0.3 is 9.47 Å². The van der Waals surface area contributed by atoms with Crippen molar-refractivity contribution in [1.29, 1.82) is 0 Å². The Labute approximate surface area is 187 Å². The zero-order valence-electron chi connectivity index (χ0n) is 15.2. The third-order valence-corrected chi connectivity index (χ3v) is 6.39. The molecule has 1 heterocycles. The first-order valence-electron chi connectivity index (χ1n) is 8.44. The van der Waals surface area contributed by atoms with Crippen LogP contribution in [0.1, 0.15) is 18.1 Å². The van der Waals surface area contributed by atoms with Crippen LogP contribution in [-0.2, 0) is 11.4 Å². The lowest BCUT2D eigenvalue weighted by Gasteiger charge is -2.15. The third-order valence-electron chi connectivity index (χ3n) is 3.95. The highest BCUT2D eigenvalue weighted by Crippen LogP contribution is 2.39. The Kier molecular flexibility index (Phi) is 7.04. The number of carbonyl (C=O) groups excluding carboxylic acids is 1. The van der Waals surface area contributed by atoms with Crippen LogP contribution < -0.4 is 9.47 Å². The van der Waals surface area contributed by atoms with Crippen molar-refractivity contribution in [1.82, 2.24) is 4.90 Å². The minimum Gasteiger partial charge on any atom is -0.490 e. The molecule has 2 aromatic carbocycles. The second-order valence-electron chi connectivity index (χ2n) is 5.88. The molecule has 28 heavy (non-hydrogen) atoms. The molecule has 4 nitrogen and oxygen atoms in total. The Hall–Kier alpha value is -1.54. The van der Waals surface area contributed by atoms with Gasteiger partial charge in [0.25, 0.3) is 5.91 Å². The number of hydrogen-bond donors (Lipinski definition) is 0. The molecule has 0 N–H and O–H groups in total. The number of carbonyl (C=O) groups is 1. The smallest absolute Gasteiger partial charge is 0.265 e. The van der Waals surface area contributed by atoms with Crippen LogP contribution in [0.4, 0.5) is 0 Å². The maximum atomic E-state index is 12.2. The third kappa shape index (κ3) is 4.71. The summed E-state index contributed by atoms with van der Waals surface area (Å²) in [7, 11) is 1.67. The predicted octanol–water partition coefficient (Wildman–Crippen LogP) is 5.91. The molecule has 0 atom stereocenters. The summed E-state index contributed by atoms with van der Waals surface area (Å²) in [4.78, 5) is 14.3. The normalized spacial score (nSPS) is 15.4. The predicted molar refractivity (Wildman–Crippen MR) is 122 cm³/mol. The van der Waals surface area contributed by atoms with Gasteiger partial charge in [0.2, 0.25) is 0 Å². The van der Waals surface area contributed by atoms with Gasteiger partial charge in [-0.2, -0.15) is 0 Å². The molecule has 1 amide bonds. The summed E-state index contributed by atoms with van der Waals surface area (Å²) in [6, 6.07) is 11.3. The van der Waals surface area contributed by atoms with Gasteiger partial charge in [0.1, 0.15) is 10.9 Å². The molecule has 0 saturated carbocycles. The molecule has 0 unspecified atom stereocenters. The fraction of sp³-hybridized carbons (Fsp3) is 0.200. The van der Waals surface area contributed by atoms with Gasteiger partial charge in [-0.1, -0.05) is 53.8 Å². The van der Waals surface area contributed by atoms with Crippen LogP contribution in [0, 0.1) is 0 Å². The fourth-order valence-corrected chi connectivity index (χ4v) is 4.48. The molecule has 1 saturated heterocycles. The van der Waals surface area contributed by atoms with Crippen molar-refractivity contribution < 1.29 is 14.3 Å². The molecule has 2 aromatic rings. The Morgan fingerprint density at radius 1 is 1.29 bits per heavy atom. The zero-order chi connectivity index (χ0) is 20.3. The van der Waals surface area contributed by atoms with E-state index in [2.05, 4.69) is 15.9 Å². The average molecular weight is 499 g/mol. The van der Waals surface area contributed by atoms with Crippen molar-refractivity contribution in [3.63, 3.8) is 0 Å². The zero-order valence-corrected chi connectivity index (χ0v) is 19.2. The van der Waals surface area contributed by atoms with Crippen LogP contribution >= 0.6 is 51.5 Å². The van der Waals surface area contributed by atoms with Crippen molar-refractivity contribution in [3.05, 3.63) is 61.9 Å². The molecule has 1 aliphatic rings. The van der Waals surface area contributed by atoms with Crippen LogP contribution in [0.15, 0.2) is 45.8 Å². The number of benzene rings is 2. The summed E-state index contributed by atoms with van der Waals surface area (Å²) in [6.45, 7) is 2.70. The second-order valence-corrected chi connectivity index (χ2v) is 8.82. The second kappa shape index (κ2) is 9.31. The summed E-state index contributed by atoms with van der Waals surface area (Å²) >= 11 is 16.2. The average Bonchev–Trinajstić information content (AvgIpc) is 2.89. The molecule has 0 radical (unpaired) electrons.